The molecule has 0 aromatic heterocycles. The summed E-state index contributed by atoms with van der Waals surface area (Å²) in [6, 6.07) is 45.5. The number of halogens is 9. The van der Waals surface area contributed by atoms with Crippen LogP contribution in [-0.4, -0.2) is 49.8 Å². The van der Waals surface area contributed by atoms with Crippen LogP contribution in [0.5, 0.6) is 0 Å². The van der Waals surface area contributed by atoms with E-state index in [4.69, 9.17) is 25.3 Å². The van der Waals surface area contributed by atoms with E-state index in [0.717, 1.165) is 64.5 Å². The van der Waals surface area contributed by atoms with Gasteiger partial charge in [-0.3, -0.25) is 4.99 Å². The molecule has 0 saturated carbocycles. The molecule has 1 atom stereocenters. The standard InChI is InChI=1S/C22H22F3N.C22H20F3N.C12H9O.C10H12F3N.2C6H14O2/c2*1-16(20-13-5-10-18-9-2-3-12-21(18)20)26-14-6-8-17-7-4-11-19(15-17)22(23,24)25;1-9(13)11-8-4-6-10-5-2-3-7-12(10)11;11-10(12,13)9-5-1-3-8(7-9)4-2-6-14;2*1-5(2)7-8-6(3)4/h2-5,7,9-13,15-16,26H,6,8,14H2,1H3;2-5,7,9-13,15H,6,8,14H2,1H3;2-8H,1H2;1,3,5,7H,2,4,6,14H2;2*5-6H,1-4H3/q;;+1;;;. The van der Waals surface area contributed by atoms with Crippen molar-refractivity contribution in [2.75, 3.05) is 19.6 Å². The fourth-order valence-electron chi connectivity index (χ4n) is 9.43. The molecule has 0 heterocycles. The van der Waals surface area contributed by atoms with Crippen molar-refractivity contribution in [1.29, 1.82) is 0 Å². The molecule has 0 bridgehead atoms. The predicted octanol–water partition coefficient (Wildman–Crippen LogP) is 20.2. The number of hydrogen-bond donors (Lipinski definition) is 2. The molecule has 7 aromatic rings. The van der Waals surface area contributed by atoms with Gasteiger partial charge in [0, 0.05) is 36.0 Å². The highest BCUT2D eigenvalue weighted by atomic mass is 19.4. The third-order valence-corrected chi connectivity index (χ3v) is 13.9. The van der Waals surface area contributed by atoms with Crippen molar-refractivity contribution in [3.63, 3.8) is 0 Å². The first-order valence-corrected chi connectivity index (χ1v) is 31.8. The van der Waals surface area contributed by atoms with E-state index in [1.165, 1.54) is 58.1 Å². The van der Waals surface area contributed by atoms with E-state index >= 15 is 0 Å². The van der Waals surface area contributed by atoms with Crippen LogP contribution in [0, 0.1) is 12.8 Å². The largest absolute Gasteiger partial charge is 0.864 e. The average Bonchev–Trinajstić information content (AvgIpc) is 1.02. The molecule has 510 valence electrons. The fraction of sp³-hybridized carbons (Fsp3) is 0.346. The van der Waals surface area contributed by atoms with Crippen LogP contribution in [0.15, 0.2) is 222 Å². The lowest BCUT2D eigenvalue weighted by molar-refractivity contribution is -0.337. The van der Waals surface area contributed by atoms with E-state index in [2.05, 4.69) is 72.3 Å². The van der Waals surface area contributed by atoms with Crippen LogP contribution in [-0.2, 0) is 57.3 Å². The molecule has 0 radical (unpaired) electrons. The molecule has 95 heavy (non-hydrogen) atoms. The zero-order valence-corrected chi connectivity index (χ0v) is 56.0. The summed E-state index contributed by atoms with van der Waals surface area (Å²) in [5, 5.41) is 19.4. The van der Waals surface area contributed by atoms with Gasteiger partial charge in [-0.15, -0.1) is 0 Å². The zero-order valence-electron chi connectivity index (χ0n) is 56.0. The van der Waals surface area contributed by atoms with E-state index in [1.54, 1.807) is 24.3 Å². The summed E-state index contributed by atoms with van der Waals surface area (Å²) in [7, 11) is 0. The SMILES string of the molecule is C=C([O-])C1=C2[CH+]C=CC=C2[CH+]C=C1.CC(=NCCCc1cccc(C(F)(F)F)c1)c1cccc2ccccc12.CC(C)OOC(C)C.CC(C)OOC(C)C.CC(NCCCc1cccc(C(F)(F)F)c1)c1cccc2ccccc12.NCCCc1cccc(C(F)(F)F)c1. The first kappa shape index (κ1) is 79.5. The maximum Gasteiger partial charge on any atom is 0.416 e. The maximum absolute atomic E-state index is 12.8. The molecule has 0 spiro atoms. The highest BCUT2D eigenvalue weighted by Gasteiger charge is 2.32. The number of nitrogens with zero attached hydrogens (tertiary/aromatic N) is 1. The van der Waals surface area contributed by atoms with Crippen molar-refractivity contribution in [2.24, 2.45) is 10.7 Å². The van der Waals surface area contributed by atoms with E-state index in [9.17, 15) is 44.6 Å². The number of aliphatic imine (C=N–C) groups is 1. The van der Waals surface area contributed by atoms with Crippen LogP contribution in [0.3, 0.4) is 0 Å². The minimum Gasteiger partial charge on any atom is -0.864 e. The molecule has 3 N–H and O–H groups in total. The first-order chi connectivity index (χ1) is 45.0. The second kappa shape index (κ2) is 40.5. The van der Waals surface area contributed by atoms with Crippen LogP contribution in [0.2, 0.25) is 0 Å². The van der Waals surface area contributed by atoms with Gasteiger partial charge in [0.05, 0.1) is 66.1 Å². The smallest absolute Gasteiger partial charge is 0.416 e. The molecule has 0 fully saturated rings. The minimum atomic E-state index is -4.29. The Hall–Kier alpha value is -7.90. The van der Waals surface area contributed by atoms with Gasteiger partial charge in [0.1, 0.15) is 11.6 Å². The summed E-state index contributed by atoms with van der Waals surface area (Å²) in [6.07, 6.45) is 5.32. The third-order valence-electron chi connectivity index (χ3n) is 13.9. The van der Waals surface area contributed by atoms with Gasteiger partial charge >= 0.3 is 18.5 Å². The Morgan fingerprint density at radius 2 is 0.968 bits per heavy atom. The predicted molar refractivity (Wildman–Crippen MR) is 366 cm³/mol. The van der Waals surface area contributed by atoms with Gasteiger partial charge < -0.3 is 16.2 Å². The van der Waals surface area contributed by atoms with Crippen molar-refractivity contribution in [3.05, 3.63) is 275 Å². The number of aryl methyl sites for hydroxylation is 3. The average molecular weight is 1320 g/mol. The number of rotatable bonds is 21. The molecule has 9 rings (SSSR count). The summed E-state index contributed by atoms with van der Waals surface area (Å²) in [5.41, 5.74) is 11.7. The zero-order chi connectivity index (χ0) is 70.1. The topological polar surface area (TPSA) is 110 Å². The van der Waals surface area contributed by atoms with Gasteiger partial charge in [-0.25, -0.2) is 19.6 Å². The summed E-state index contributed by atoms with van der Waals surface area (Å²) < 4.78 is 113. The maximum atomic E-state index is 12.8. The van der Waals surface area contributed by atoms with Crippen LogP contribution in [0.4, 0.5) is 39.5 Å². The molecule has 0 amide bonds. The summed E-state index contributed by atoms with van der Waals surface area (Å²) in [5.74, 6) is -0.128. The summed E-state index contributed by atoms with van der Waals surface area (Å²) in [4.78, 5) is 23.8. The number of benzene rings is 7. The number of nitrogens with one attached hydrogen (secondary N) is 1. The number of hydrogen-bond acceptors (Lipinski definition) is 8. The highest BCUT2D eigenvalue weighted by Crippen LogP contribution is 2.34. The Balaban J connectivity index is 0.000000258. The summed E-state index contributed by atoms with van der Waals surface area (Å²) in [6.45, 7) is 24.8. The van der Waals surface area contributed by atoms with E-state index in [-0.39, 0.29) is 36.2 Å². The van der Waals surface area contributed by atoms with Crippen molar-refractivity contribution in [2.45, 2.75) is 157 Å². The van der Waals surface area contributed by atoms with Gasteiger partial charge in [-0.1, -0.05) is 146 Å². The number of fused-ring (bicyclic) bond motifs is 3. The molecular formula is C78H91F9N3O5+. The van der Waals surface area contributed by atoms with Crippen LogP contribution in [0.1, 0.15) is 139 Å². The van der Waals surface area contributed by atoms with Crippen LogP contribution in [0.25, 0.3) is 21.5 Å². The van der Waals surface area contributed by atoms with Crippen molar-refractivity contribution in [3.8, 4) is 0 Å². The van der Waals surface area contributed by atoms with Gasteiger partial charge in [0.2, 0.25) is 0 Å². The number of nitrogens with two attached hydrogens (primary N) is 1. The van der Waals surface area contributed by atoms with Gasteiger partial charge in [-0.2, -0.15) is 39.5 Å². The monoisotopic (exact) mass is 1320 g/mol. The normalized spacial score (nSPS) is 13.2. The highest BCUT2D eigenvalue weighted by molar-refractivity contribution is 6.09. The second-order valence-electron chi connectivity index (χ2n) is 23.5. The Morgan fingerprint density at radius 3 is 1.44 bits per heavy atom. The van der Waals surface area contributed by atoms with E-state index < -0.39 is 35.2 Å². The van der Waals surface area contributed by atoms with Crippen molar-refractivity contribution >= 4 is 27.3 Å². The summed E-state index contributed by atoms with van der Waals surface area (Å²) >= 11 is 0. The molecule has 0 saturated heterocycles. The molecule has 17 heteroatoms. The minimum absolute atomic E-state index is 0.128. The van der Waals surface area contributed by atoms with Crippen molar-refractivity contribution in [1.82, 2.24) is 5.32 Å². The van der Waals surface area contributed by atoms with Gasteiger partial charge in [0.25, 0.3) is 0 Å². The lowest BCUT2D eigenvalue weighted by Gasteiger charge is -2.17. The molecule has 7 aromatic carbocycles. The third kappa shape index (κ3) is 29.7. The number of allylic oxidation sites excluding steroid dienone is 7. The van der Waals surface area contributed by atoms with Gasteiger partial charge in [-0.05, 0) is 189 Å². The lowest BCUT2D eigenvalue weighted by Crippen LogP contribution is -2.20. The molecule has 0 aliphatic heterocycles. The molecule has 2 aliphatic rings. The molecule has 2 aliphatic carbocycles. The quantitative estimate of drug-likeness (QED) is 0.0140. The Morgan fingerprint density at radius 1 is 0.537 bits per heavy atom. The second-order valence-corrected chi connectivity index (χ2v) is 23.5. The Kier molecular flexibility index (Phi) is 33.9. The lowest BCUT2D eigenvalue weighted by atomic mass is 9.87. The van der Waals surface area contributed by atoms with Crippen LogP contribution < -0.4 is 16.2 Å². The molecular weight excluding hydrogens is 1230 g/mol. The molecule has 1 unspecified atom stereocenters. The van der Waals surface area contributed by atoms with Crippen LogP contribution >= 0.6 is 0 Å². The van der Waals surface area contributed by atoms with Gasteiger partial charge in [0.15, 0.2) is 11.1 Å². The van der Waals surface area contributed by atoms with E-state index in [1.807, 2.05) is 136 Å². The first-order valence-electron chi connectivity index (χ1n) is 31.8. The molecule has 8 nitrogen and oxygen atoms in total. The fourth-order valence-corrected chi connectivity index (χ4v) is 9.43. The Labute approximate surface area is 556 Å². The Bertz CT molecular complexity index is 3560. The van der Waals surface area contributed by atoms with Crippen molar-refractivity contribution < 1.29 is 64.2 Å². The number of alkyl halides is 9. The van der Waals surface area contributed by atoms with E-state index in [0.29, 0.717) is 61.9 Å².